The highest BCUT2D eigenvalue weighted by Crippen LogP contribution is 2.33. The molecule has 0 fully saturated rings. The van der Waals surface area contributed by atoms with Gasteiger partial charge in [-0.05, 0) is 48.9 Å². The lowest BCUT2D eigenvalue weighted by atomic mass is 10.1. The van der Waals surface area contributed by atoms with Gasteiger partial charge in [0.05, 0.1) is 28.0 Å². The van der Waals surface area contributed by atoms with E-state index in [0.717, 1.165) is 3.97 Å². The van der Waals surface area contributed by atoms with Crippen molar-refractivity contribution in [2.75, 3.05) is 11.8 Å². The van der Waals surface area contributed by atoms with Crippen LogP contribution >= 0.6 is 0 Å². The van der Waals surface area contributed by atoms with Crippen molar-refractivity contribution in [3.05, 3.63) is 90.1 Å². The summed E-state index contributed by atoms with van der Waals surface area (Å²) in [6.45, 7) is 1.73. The summed E-state index contributed by atoms with van der Waals surface area (Å²) < 4.78 is 61.2. The number of aromatic nitrogens is 1. The molecular formula is C24H22N2O6S2. The lowest BCUT2D eigenvalue weighted by Gasteiger charge is -2.12. The van der Waals surface area contributed by atoms with Crippen LogP contribution in [0, 0.1) is 0 Å². The van der Waals surface area contributed by atoms with Gasteiger partial charge in [0, 0.05) is 16.8 Å². The van der Waals surface area contributed by atoms with E-state index in [-0.39, 0.29) is 44.1 Å². The fraction of sp³-hybridized carbons (Fsp3) is 0.125. The van der Waals surface area contributed by atoms with Crippen molar-refractivity contribution in [1.29, 1.82) is 0 Å². The molecule has 8 nitrogen and oxygen atoms in total. The van der Waals surface area contributed by atoms with Crippen molar-refractivity contribution in [3.63, 3.8) is 0 Å². The number of fused-ring (bicyclic) bond motifs is 1. The molecule has 1 aromatic heterocycles. The molecule has 0 radical (unpaired) electrons. The smallest absolute Gasteiger partial charge is 0.340 e. The number of ether oxygens (including phenoxy) is 1. The lowest BCUT2D eigenvalue weighted by molar-refractivity contribution is 0.0601. The van der Waals surface area contributed by atoms with Crippen LogP contribution in [0.4, 0.5) is 5.69 Å². The maximum atomic E-state index is 13.5. The Morgan fingerprint density at radius 2 is 1.47 bits per heavy atom. The van der Waals surface area contributed by atoms with Gasteiger partial charge in [-0.25, -0.2) is 25.6 Å². The molecule has 0 aliphatic heterocycles. The van der Waals surface area contributed by atoms with Gasteiger partial charge in [0.2, 0.25) is 0 Å². The number of carbonyl (C=O) groups is 1. The maximum absolute atomic E-state index is 13.5. The summed E-state index contributed by atoms with van der Waals surface area (Å²) in [5, 5.41) is 0.261. The molecular weight excluding hydrogens is 476 g/mol. The standard InChI is InChI=1S/C24H22N2O6S2/c1-3-21-23(24(27)32-2)20-16-17(25-33(28,29)18-10-6-4-7-11-18)14-15-22(20)26(21)34(30,31)19-12-8-5-9-13-19/h4-16,25H,3H2,1-2H3. The van der Waals surface area contributed by atoms with E-state index >= 15 is 0 Å². The third-order valence-electron chi connectivity index (χ3n) is 5.33. The molecule has 0 aliphatic carbocycles. The van der Waals surface area contributed by atoms with Crippen LogP contribution in [-0.4, -0.2) is 33.9 Å². The second-order valence-corrected chi connectivity index (χ2v) is 10.9. The van der Waals surface area contributed by atoms with Gasteiger partial charge in [-0.3, -0.25) is 4.72 Å². The normalized spacial score (nSPS) is 11.9. The first kappa shape index (κ1) is 23.5. The van der Waals surface area contributed by atoms with Crippen molar-refractivity contribution >= 4 is 42.6 Å². The molecule has 10 heteroatoms. The fourth-order valence-electron chi connectivity index (χ4n) is 3.82. The molecule has 176 valence electrons. The van der Waals surface area contributed by atoms with E-state index < -0.39 is 26.0 Å². The predicted molar refractivity (Wildman–Crippen MR) is 129 cm³/mol. The zero-order chi connectivity index (χ0) is 24.5. The molecule has 1 N–H and O–H groups in total. The quantitative estimate of drug-likeness (QED) is 0.385. The van der Waals surface area contributed by atoms with Gasteiger partial charge in [0.25, 0.3) is 20.0 Å². The summed E-state index contributed by atoms with van der Waals surface area (Å²) in [4.78, 5) is 12.9. The predicted octanol–water partition coefficient (Wildman–Crippen LogP) is 4.03. The average molecular weight is 499 g/mol. The highest BCUT2D eigenvalue weighted by atomic mass is 32.2. The molecule has 34 heavy (non-hydrogen) atoms. The Balaban J connectivity index is 1.95. The SMILES string of the molecule is CCc1c(C(=O)OC)c2cc(NS(=O)(=O)c3ccccc3)ccc2n1S(=O)(=O)c1ccccc1. The van der Waals surface area contributed by atoms with Gasteiger partial charge in [0.15, 0.2) is 0 Å². The molecule has 0 saturated heterocycles. The maximum Gasteiger partial charge on any atom is 0.340 e. The number of anilines is 1. The Hall–Kier alpha value is -3.63. The molecule has 4 rings (SSSR count). The highest BCUT2D eigenvalue weighted by molar-refractivity contribution is 7.92. The van der Waals surface area contributed by atoms with Crippen LogP contribution in [0.1, 0.15) is 23.0 Å². The highest BCUT2D eigenvalue weighted by Gasteiger charge is 2.30. The first-order valence-electron chi connectivity index (χ1n) is 10.3. The number of benzene rings is 3. The largest absolute Gasteiger partial charge is 0.465 e. The van der Waals surface area contributed by atoms with E-state index in [4.69, 9.17) is 4.74 Å². The van der Waals surface area contributed by atoms with E-state index in [1.807, 2.05) is 0 Å². The second-order valence-electron chi connectivity index (χ2n) is 7.40. The molecule has 0 unspecified atom stereocenters. The molecule has 0 bridgehead atoms. The Labute approximate surface area is 197 Å². The minimum Gasteiger partial charge on any atom is -0.465 e. The van der Waals surface area contributed by atoms with Crippen LogP contribution in [0.3, 0.4) is 0 Å². The average Bonchev–Trinajstić information content (AvgIpc) is 3.18. The number of hydrogen-bond donors (Lipinski definition) is 1. The number of esters is 1. The molecule has 0 saturated carbocycles. The number of nitrogens with zero attached hydrogens (tertiary/aromatic N) is 1. The summed E-state index contributed by atoms with van der Waals surface area (Å²) in [6.07, 6.45) is 0.219. The molecule has 0 atom stereocenters. The second kappa shape index (κ2) is 8.96. The van der Waals surface area contributed by atoms with E-state index in [1.165, 1.54) is 49.6 Å². The third kappa shape index (κ3) is 4.06. The molecule has 0 amide bonds. The van der Waals surface area contributed by atoms with Gasteiger partial charge < -0.3 is 4.74 Å². The van der Waals surface area contributed by atoms with Crippen molar-refractivity contribution in [2.24, 2.45) is 0 Å². The summed E-state index contributed by atoms with van der Waals surface area (Å²) >= 11 is 0. The molecule has 0 aliphatic rings. The van der Waals surface area contributed by atoms with Crippen molar-refractivity contribution in [3.8, 4) is 0 Å². The monoisotopic (exact) mass is 498 g/mol. The molecule has 0 spiro atoms. The van der Waals surface area contributed by atoms with Gasteiger partial charge >= 0.3 is 5.97 Å². The lowest BCUT2D eigenvalue weighted by Crippen LogP contribution is -2.17. The number of carbonyl (C=O) groups excluding carboxylic acids is 1. The minimum absolute atomic E-state index is 0.0619. The Morgan fingerprint density at radius 3 is 2.03 bits per heavy atom. The number of hydrogen-bond acceptors (Lipinski definition) is 6. The van der Waals surface area contributed by atoms with E-state index in [1.54, 1.807) is 43.3 Å². The number of rotatable bonds is 7. The van der Waals surface area contributed by atoms with E-state index in [0.29, 0.717) is 0 Å². The zero-order valence-electron chi connectivity index (χ0n) is 18.4. The Morgan fingerprint density at radius 1 is 0.882 bits per heavy atom. The number of sulfonamides is 1. The molecule has 1 heterocycles. The molecule has 4 aromatic rings. The minimum atomic E-state index is -4.05. The van der Waals surface area contributed by atoms with Gasteiger partial charge in [-0.1, -0.05) is 43.3 Å². The summed E-state index contributed by atoms with van der Waals surface area (Å²) in [7, 11) is -6.74. The third-order valence-corrected chi connectivity index (χ3v) is 8.49. The van der Waals surface area contributed by atoms with Crippen LogP contribution in [0.25, 0.3) is 10.9 Å². The number of nitrogens with one attached hydrogen (secondary N) is 1. The first-order valence-corrected chi connectivity index (χ1v) is 13.3. The summed E-state index contributed by atoms with van der Waals surface area (Å²) in [5.41, 5.74) is 0.733. The van der Waals surface area contributed by atoms with Crippen LogP contribution < -0.4 is 4.72 Å². The van der Waals surface area contributed by atoms with Gasteiger partial charge in [0.1, 0.15) is 0 Å². The fourth-order valence-corrected chi connectivity index (χ4v) is 6.53. The summed E-state index contributed by atoms with van der Waals surface area (Å²) in [5.74, 6) is -0.716. The van der Waals surface area contributed by atoms with Crippen LogP contribution in [0.2, 0.25) is 0 Å². The zero-order valence-corrected chi connectivity index (χ0v) is 20.1. The molecule has 3 aromatic carbocycles. The topological polar surface area (TPSA) is 112 Å². The van der Waals surface area contributed by atoms with Crippen LogP contribution in [-0.2, 0) is 31.2 Å². The van der Waals surface area contributed by atoms with Crippen molar-refractivity contribution < 1.29 is 26.4 Å². The van der Waals surface area contributed by atoms with E-state index in [2.05, 4.69) is 4.72 Å². The number of methoxy groups -OCH3 is 1. The van der Waals surface area contributed by atoms with Crippen molar-refractivity contribution in [1.82, 2.24) is 3.97 Å². The first-order chi connectivity index (χ1) is 16.2. The van der Waals surface area contributed by atoms with Crippen LogP contribution in [0.5, 0.6) is 0 Å². The van der Waals surface area contributed by atoms with Crippen LogP contribution in [0.15, 0.2) is 88.7 Å². The van der Waals surface area contributed by atoms with Crippen molar-refractivity contribution in [2.45, 2.75) is 23.1 Å². The Bertz CT molecular complexity index is 1580. The van der Waals surface area contributed by atoms with Gasteiger partial charge in [-0.15, -0.1) is 0 Å². The summed E-state index contributed by atoms with van der Waals surface area (Å²) in [6, 6.07) is 20.1. The van der Waals surface area contributed by atoms with E-state index in [9.17, 15) is 21.6 Å². The van der Waals surface area contributed by atoms with Gasteiger partial charge in [-0.2, -0.15) is 0 Å². The Kier molecular flexibility index (Phi) is 6.20.